The van der Waals surface area contributed by atoms with Gasteiger partial charge in [-0.15, -0.1) is 0 Å². The molecule has 0 atom stereocenters. The first kappa shape index (κ1) is 16.8. The predicted octanol–water partition coefficient (Wildman–Crippen LogP) is -1.15. The van der Waals surface area contributed by atoms with Crippen LogP contribution in [0, 0.1) is 0 Å². The molecular weight excluding hydrogens is 440 g/mol. The summed E-state index contributed by atoms with van der Waals surface area (Å²) in [5.74, 6) is 0. The monoisotopic (exact) mass is 451 g/mol. The Morgan fingerprint density at radius 1 is 0.947 bits per heavy atom. The fourth-order valence-electron chi connectivity index (χ4n) is 1.75. The van der Waals surface area contributed by atoms with Crippen molar-refractivity contribution in [1.29, 1.82) is 0 Å². The van der Waals surface area contributed by atoms with Gasteiger partial charge in [0.1, 0.15) is 0 Å². The molecule has 0 saturated carbocycles. The number of rotatable bonds is 4. The summed E-state index contributed by atoms with van der Waals surface area (Å²) in [6, 6.07) is 7.82. The zero-order chi connectivity index (χ0) is 13.0. The molecule has 0 radical (unpaired) electrons. The standard InChI is InChI=1S/C13H14Br2N2O.BrH/c14-11-3-1-5-16(7-11)9-13(18)10-17-6-2-4-12(15)8-17;/h1-8,13,18H,9-10H2;1H/q+2;/p-1. The quantitative estimate of drug-likeness (QED) is 0.582. The molecule has 0 amide bonds. The zero-order valence-electron chi connectivity index (χ0n) is 10.1. The highest BCUT2D eigenvalue weighted by Crippen LogP contribution is 2.04. The average Bonchev–Trinajstić information content (AvgIpc) is 2.28. The molecule has 0 bridgehead atoms. The van der Waals surface area contributed by atoms with E-state index in [9.17, 15) is 5.11 Å². The molecule has 0 aliphatic heterocycles. The van der Waals surface area contributed by atoms with E-state index in [0.717, 1.165) is 8.95 Å². The lowest BCUT2D eigenvalue weighted by atomic mass is 10.3. The van der Waals surface area contributed by atoms with Crippen LogP contribution < -0.4 is 26.1 Å². The van der Waals surface area contributed by atoms with E-state index in [0.29, 0.717) is 13.1 Å². The lowest BCUT2D eigenvalue weighted by Gasteiger charge is -2.04. The molecule has 6 heteroatoms. The van der Waals surface area contributed by atoms with Crippen LogP contribution in [0.4, 0.5) is 0 Å². The van der Waals surface area contributed by atoms with E-state index in [1.54, 1.807) is 0 Å². The van der Waals surface area contributed by atoms with Crippen molar-refractivity contribution in [3.63, 3.8) is 0 Å². The molecule has 1 N–H and O–H groups in total. The van der Waals surface area contributed by atoms with Gasteiger partial charge in [-0.2, -0.15) is 0 Å². The Kier molecular flexibility index (Phi) is 7.13. The van der Waals surface area contributed by atoms with Crippen LogP contribution in [0.5, 0.6) is 0 Å². The normalized spacial score (nSPS) is 10.3. The highest BCUT2D eigenvalue weighted by atomic mass is 79.9. The van der Waals surface area contributed by atoms with Crippen molar-refractivity contribution in [3.8, 4) is 0 Å². The summed E-state index contributed by atoms with van der Waals surface area (Å²) < 4.78 is 5.94. The number of halogens is 3. The third kappa shape index (κ3) is 5.69. The molecule has 2 aromatic heterocycles. The first-order valence-electron chi connectivity index (χ1n) is 5.61. The van der Waals surface area contributed by atoms with Gasteiger partial charge >= 0.3 is 0 Å². The number of pyridine rings is 2. The van der Waals surface area contributed by atoms with Crippen LogP contribution >= 0.6 is 31.9 Å². The van der Waals surface area contributed by atoms with Crippen LogP contribution in [0.15, 0.2) is 58.0 Å². The molecule has 3 nitrogen and oxygen atoms in total. The molecule has 0 aromatic carbocycles. The van der Waals surface area contributed by atoms with E-state index in [1.165, 1.54) is 0 Å². The Balaban J connectivity index is 0.00000180. The molecule has 19 heavy (non-hydrogen) atoms. The average molecular weight is 454 g/mol. The first-order valence-corrected chi connectivity index (χ1v) is 7.19. The van der Waals surface area contributed by atoms with Gasteiger partial charge in [0.15, 0.2) is 44.0 Å². The van der Waals surface area contributed by atoms with Crippen LogP contribution in [-0.2, 0) is 13.1 Å². The van der Waals surface area contributed by atoms with Crippen LogP contribution in [0.2, 0.25) is 0 Å². The van der Waals surface area contributed by atoms with Gasteiger partial charge in [0.25, 0.3) is 0 Å². The van der Waals surface area contributed by atoms with Crippen molar-refractivity contribution in [2.75, 3.05) is 0 Å². The topological polar surface area (TPSA) is 28.0 Å². The molecule has 0 fully saturated rings. The first-order chi connectivity index (χ1) is 8.63. The van der Waals surface area contributed by atoms with Gasteiger partial charge in [-0.25, -0.2) is 9.13 Å². The number of hydrogen-bond donors (Lipinski definition) is 1. The lowest BCUT2D eigenvalue weighted by molar-refractivity contribution is -0.738. The number of nitrogens with zero attached hydrogens (tertiary/aromatic N) is 2. The van der Waals surface area contributed by atoms with Crippen LogP contribution in [-0.4, -0.2) is 11.2 Å². The fourth-order valence-corrected chi connectivity index (χ4v) is 2.58. The molecule has 102 valence electrons. The van der Waals surface area contributed by atoms with Gasteiger partial charge in [0.2, 0.25) is 0 Å². The summed E-state index contributed by atoms with van der Waals surface area (Å²) in [4.78, 5) is 0. The Hall–Kier alpha value is -0.300. The third-order valence-corrected chi connectivity index (χ3v) is 3.43. The summed E-state index contributed by atoms with van der Waals surface area (Å²) in [5.41, 5.74) is 0. The minimum atomic E-state index is -0.427. The Morgan fingerprint density at radius 3 is 1.74 bits per heavy atom. The summed E-state index contributed by atoms with van der Waals surface area (Å²) in [6.07, 6.45) is 7.37. The van der Waals surface area contributed by atoms with Gasteiger partial charge in [0, 0.05) is 12.1 Å². The van der Waals surface area contributed by atoms with E-state index in [1.807, 2.05) is 58.2 Å². The second-order valence-electron chi connectivity index (χ2n) is 4.09. The van der Waals surface area contributed by atoms with Crippen LogP contribution in [0.1, 0.15) is 0 Å². The van der Waals surface area contributed by atoms with Crippen LogP contribution in [0.3, 0.4) is 0 Å². The Labute approximate surface area is 139 Å². The Bertz CT molecular complexity index is 489. The summed E-state index contributed by atoms with van der Waals surface area (Å²) in [6.45, 7) is 1.14. The number of aliphatic hydroxyl groups is 1. The maximum atomic E-state index is 10.1. The molecule has 0 unspecified atom stereocenters. The zero-order valence-corrected chi connectivity index (χ0v) is 14.8. The molecule has 0 saturated heterocycles. The van der Waals surface area contributed by atoms with E-state index >= 15 is 0 Å². The molecule has 2 heterocycles. The van der Waals surface area contributed by atoms with E-state index in [-0.39, 0.29) is 17.0 Å². The van der Waals surface area contributed by atoms with Crippen molar-refractivity contribution in [2.45, 2.75) is 19.2 Å². The smallest absolute Gasteiger partial charge is 0.183 e. The van der Waals surface area contributed by atoms with Gasteiger partial charge in [-0.3, -0.25) is 0 Å². The van der Waals surface area contributed by atoms with Gasteiger partial charge in [0.05, 0.1) is 8.95 Å². The SMILES string of the molecule is OC(C[n+]1cccc(Br)c1)C[n+]1cccc(Br)c1.[Br-]. The summed E-state index contributed by atoms with van der Waals surface area (Å²) in [7, 11) is 0. The van der Waals surface area contributed by atoms with Crippen molar-refractivity contribution in [1.82, 2.24) is 0 Å². The second-order valence-corrected chi connectivity index (χ2v) is 5.92. The van der Waals surface area contributed by atoms with Gasteiger partial charge in [-0.05, 0) is 44.0 Å². The molecule has 0 aliphatic carbocycles. The number of aromatic nitrogens is 2. The van der Waals surface area contributed by atoms with E-state index in [4.69, 9.17) is 0 Å². The number of aliphatic hydroxyl groups excluding tert-OH is 1. The highest BCUT2D eigenvalue weighted by Gasteiger charge is 2.16. The van der Waals surface area contributed by atoms with Gasteiger partial charge in [-0.1, -0.05) is 0 Å². The van der Waals surface area contributed by atoms with Crippen molar-refractivity contribution in [2.24, 2.45) is 0 Å². The Morgan fingerprint density at radius 2 is 1.37 bits per heavy atom. The summed E-state index contributed by atoms with van der Waals surface area (Å²) >= 11 is 6.83. The van der Waals surface area contributed by atoms with Crippen molar-refractivity contribution in [3.05, 3.63) is 58.0 Å². The molecule has 2 rings (SSSR count). The number of hydrogen-bond acceptors (Lipinski definition) is 1. The third-order valence-electron chi connectivity index (χ3n) is 2.49. The summed E-state index contributed by atoms with van der Waals surface area (Å²) in [5, 5.41) is 10.1. The minimum Gasteiger partial charge on any atom is -1.00 e. The highest BCUT2D eigenvalue weighted by molar-refractivity contribution is 9.10. The van der Waals surface area contributed by atoms with Gasteiger partial charge < -0.3 is 22.1 Å². The molecule has 2 aromatic rings. The van der Waals surface area contributed by atoms with Crippen molar-refractivity contribution >= 4 is 31.9 Å². The molecule has 0 aliphatic rings. The second kappa shape index (κ2) is 8.09. The largest absolute Gasteiger partial charge is 1.00 e. The predicted molar refractivity (Wildman–Crippen MR) is 74.7 cm³/mol. The molecular formula is C13H14Br3N2O+. The molecule has 0 spiro atoms. The fraction of sp³-hybridized carbons (Fsp3) is 0.231. The van der Waals surface area contributed by atoms with Crippen molar-refractivity contribution < 1.29 is 31.2 Å². The van der Waals surface area contributed by atoms with E-state index in [2.05, 4.69) is 31.9 Å². The van der Waals surface area contributed by atoms with E-state index < -0.39 is 6.10 Å². The minimum absolute atomic E-state index is 0. The lowest BCUT2D eigenvalue weighted by Crippen LogP contribution is -3.00. The van der Waals surface area contributed by atoms with Crippen LogP contribution in [0.25, 0.3) is 0 Å². The maximum absolute atomic E-state index is 10.1. The maximum Gasteiger partial charge on any atom is 0.183 e.